The van der Waals surface area contributed by atoms with Crippen molar-refractivity contribution in [2.24, 2.45) is 0 Å². The number of hydrogen-bond acceptors (Lipinski definition) is 15. The van der Waals surface area contributed by atoms with Crippen LogP contribution in [0.2, 0.25) is 0 Å². The number of aliphatic hydroxyl groups excluding tert-OH is 6. The number of rotatable bonds is 6. The van der Waals surface area contributed by atoms with Gasteiger partial charge < -0.3 is 69.3 Å². The van der Waals surface area contributed by atoms with Crippen LogP contribution in [0.3, 0.4) is 0 Å². The third-order valence-corrected chi connectivity index (χ3v) is 7.24. The number of fused-ring (bicyclic) bond motifs is 1. The van der Waals surface area contributed by atoms with Crippen LogP contribution < -0.4 is 10.2 Å². The minimum Gasteiger partial charge on any atom is -0.508 e. The van der Waals surface area contributed by atoms with Gasteiger partial charge in [-0.2, -0.15) is 0 Å². The van der Waals surface area contributed by atoms with E-state index >= 15 is 0 Å². The Morgan fingerprint density at radius 3 is 2.19 bits per heavy atom. The molecule has 9 N–H and O–H groups in total. The van der Waals surface area contributed by atoms with E-state index < -0.39 is 96.1 Å². The van der Waals surface area contributed by atoms with E-state index in [0.29, 0.717) is 5.56 Å². The number of phenolic OH excluding ortho intramolecular Hbond substituents is 3. The van der Waals surface area contributed by atoms with Crippen LogP contribution in [-0.2, 0) is 14.2 Å². The van der Waals surface area contributed by atoms with Crippen molar-refractivity contribution in [3.8, 4) is 34.3 Å². The molecule has 15 nitrogen and oxygen atoms in total. The minimum absolute atomic E-state index is 0.0138. The van der Waals surface area contributed by atoms with Gasteiger partial charge in [-0.15, -0.1) is 0 Å². The Hall–Kier alpha value is -3.51. The lowest BCUT2D eigenvalue weighted by Crippen LogP contribution is -2.64. The van der Waals surface area contributed by atoms with Crippen molar-refractivity contribution in [1.29, 1.82) is 0 Å². The molecule has 0 saturated carbocycles. The molecule has 5 rings (SSSR count). The van der Waals surface area contributed by atoms with Crippen LogP contribution in [0.25, 0.3) is 22.3 Å². The van der Waals surface area contributed by atoms with Crippen LogP contribution in [0.4, 0.5) is 0 Å². The Kier molecular flexibility index (Phi) is 8.30. The van der Waals surface area contributed by atoms with Crippen LogP contribution in [0, 0.1) is 0 Å². The number of benzene rings is 2. The number of aliphatic hydroxyl groups is 6. The predicted molar refractivity (Wildman–Crippen MR) is 139 cm³/mol. The summed E-state index contributed by atoms with van der Waals surface area (Å²) in [5.74, 6) is -2.27. The maximum atomic E-state index is 13.0. The molecule has 0 unspecified atom stereocenters. The summed E-state index contributed by atoms with van der Waals surface area (Å²) in [5, 5.41) is 92.2. The Balaban J connectivity index is 1.49. The molecule has 2 saturated heterocycles. The average molecular weight is 595 g/mol. The maximum Gasteiger partial charge on any atom is 0.230 e. The van der Waals surface area contributed by atoms with E-state index in [1.807, 2.05) is 0 Å². The molecule has 10 atom stereocenters. The van der Waals surface area contributed by atoms with E-state index in [1.54, 1.807) is 0 Å². The third-order valence-electron chi connectivity index (χ3n) is 7.24. The van der Waals surface area contributed by atoms with Gasteiger partial charge in [-0.05, 0) is 31.2 Å². The Labute approximate surface area is 236 Å². The standard InChI is InChI=1S/C27H30O15/c1-9-18(32)21(35)23(37)26(38-9)42-25-22(36)19(33)16(8-28)40-27(25)41-24-13(31)7-15-17(20(24)34)12(30)6-14(39-15)10-2-4-11(29)5-3-10/h2-7,9,16,18-19,21-23,25-29,31-37H,8H2,1H3/t9-,16+,18-,19+,21+,22-,23+,25+,26-,27-/m0/s1. The molecule has 2 fully saturated rings. The first-order valence-electron chi connectivity index (χ1n) is 12.9. The first kappa shape index (κ1) is 30.0. The van der Waals surface area contributed by atoms with Crippen molar-refractivity contribution < 1.29 is 69.3 Å². The molecule has 0 radical (unpaired) electrons. The molecule has 15 heteroatoms. The van der Waals surface area contributed by atoms with E-state index in [0.717, 1.165) is 12.1 Å². The molecule has 3 heterocycles. The lowest BCUT2D eigenvalue weighted by atomic mass is 9.97. The molecule has 0 spiro atoms. The van der Waals surface area contributed by atoms with Crippen LogP contribution in [0.5, 0.6) is 23.0 Å². The fraction of sp³-hybridized carbons (Fsp3) is 0.444. The van der Waals surface area contributed by atoms with Gasteiger partial charge in [0.1, 0.15) is 59.1 Å². The topological polar surface area (TPSA) is 249 Å². The molecule has 42 heavy (non-hydrogen) atoms. The van der Waals surface area contributed by atoms with E-state index in [-0.39, 0.29) is 17.1 Å². The zero-order valence-electron chi connectivity index (χ0n) is 21.9. The first-order chi connectivity index (χ1) is 19.9. The van der Waals surface area contributed by atoms with Crippen LogP contribution in [-0.4, -0.2) is 114 Å². The maximum absolute atomic E-state index is 13.0. The summed E-state index contributed by atoms with van der Waals surface area (Å²) in [6, 6.07) is 7.78. The number of aromatic hydroxyl groups is 3. The van der Waals surface area contributed by atoms with Crippen molar-refractivity contribution >= 4 is 11.0 Å². The predicted octanol–water partition coefficient (Wildman–Crippen LogP) is -1.39. The zero-order chi connectivity index (χ0) is 30.5. The lowest BCUT2D eigenvalue weighted by molar-refractivity contribution is -0.354. The van der Waals surface area contributed by atoms with Crippen LogP contribution in [0.1, 0.15) is 6.92 Å². The van der Waals surface area contributed by atoms with Gasteiger partial charge in [0.15, 0.2) is 29.3 Å². The first-order valence-corrected chi connectivity index (χ1v) is 12.9. The normalized spacial score (nSPS) is 33.5. The Morgan fingerprint density at radius 2 is 1.52 bits per heavy atom. The van der Waals surface area contributed by atoms with Gasteiger partial charge in [0, 0.05) is 17.7 Å². The summed E-state index contributed by atoms with van der Waals surface area (Å²) in [6.45, 7) is 0.590. The quantitative estimate of drug-likeness (QED) is 0.159. The molecule has 2 aliphatic rings. The van der Waals surface area contributed by atoms with Crippen LogP contribution in [0.15, 0.2) is 45.6 Å². The summed E-state index contributed by atoms with van der Waals surface area (Å²) in [5.41, 5.74) is -0.541. The molecular weight excluding hydrogens is 564 g/mol. The second kappa shape index (κ2) is 11.6. The van der Waals surface area contributed by atoms with Gasteiger partial charge >= 0.3 is 0 Å². The minimum atomic E-state index is -1.86. The van der Waals surface area contributed by atoms with Gasteiger partial charge in [-0.3, -0.25) is 4.79 Å². The molecule has 2 aliphatic heterocycles. The third kappa shape index (κ3) is 5.37. The second-order valence-corrected chi connectivity index (χ2v) is 10.1. The molecule has 3 aromatic rings. The van der Waals surface area contributed by atoms with Crippen LogP contribution >= 0.6 is 0 Å². The summed E-state index contributed by atoms with van der Waals surface area (Å²) < 4.78 is 27.9. The summed E-state index contributed by atoms with van der Waals surface area (Å²) >= 11 is 0. The van der Waals surface area contributed by atoms with E-state index in [1.165, 1.54) is 31.2 Å². The monoisotopic (exact) mass is 594 g/mol. The SMILES string of the molecule is C[C@@H]1O[C@@H](O[C@H]2[C@H](Oc3c(O)cc4oc(-c5ccc(O)cc5)cc(=O)c4c3O)O[C@H](CO)[C@@H](O)[C@@H]2O)[C@H](O)[C@H](O)[C@H]1O. The summed E-state index contributed by atoms with van der Waals surface area (Å²) in [6.07, 6.45) is -16.3. The van der Waals surface area contributed by atoms with E-state index in [2.05, 4.69) is 0 Å². The molecule has 0 aliphatic carbocycles. The van der Waals surface area contributed by atoms with Crippen molar-refractivity contribution in [3.63, 3.8) is 0 Å². The highest BCUT2D eigenvalue weighted by molar-refractivity contribution is 5.89. The number of hydrogen-bond donors (Lipinski definition) is 9. The van der Waals surface area contributed by atoms with Gasteiger partial charge in [0.25, 0.3) is 0 Å². The second-order valence-electron chi connectivity index (χ2n) is 10.1. The largest absolute Gasteiger partial charge is 0.508 e. The van der Waals surface area contributed by atoms with Gasteiger partial charge in [-0.1, -0.05) is 0 Å². The Bertz CT molecular complexity index is 1470. The summed E-state index contributed by atoms with van der Waals surface area (Å²) in [4.78, 5) is 13.0. The fourth-order valence-electron chi connectivity index (χ4n) is 4.85. The molecule has 0 bridgehead atoms. The Morgan fingerprint density at radius 1 is 0.833 bits per heavy atom. The van der Waals surface area contributed by atoms with Crippen molar-refractivity contribution in [1.82, 2.24) is 0 Å². The van der Waals surface area contributed by atoms with Crippen molar-refractivity contribution in [2.45, 2.75) is 68.3 Å². The lowest BCUT2D eigenvalue weighted by Gasteiger charge is -2.45. The molecule has 228 valence electrons. The zero-order valence-corrected chi connectivity index (χ0v) is 21.9. The number of phenols is 3. The van der Waals surface area contributed by atoms with Crippen molar-refractivity contribution in [2.75, 3.05) is 6.61 Å². The van der Waals surface area contributed by atoms with E-state index in [9.17, 15) is 50.8 Å². The molecule has 2 aromatic carbocycles. The highest BCUT2D eigenvalue weighted by atomic mass is 16.8. The molecular formula is C27H30O15. The van der Waals surface area contributed by atoms with Gasteiger partial charge in [0.05, 0.1) is 12.7 Å². The van der Waals surface area contributed by atoms with Gasteiger partial charge in [0.2, 0.25) is 12.0 Å². The molecule has 0 amide bonds. The fourth-order valence-corrected chi connectivity index (χ4v) is 4.85. The smallest absolute Gasteiger partial charge is 0.230 e. The van der Waals surface area contributed by atoms with E-state index in [4.69, 9.17) is 23.4 Å². The highest BCUT2D eigenvalue weighted by Gasteiger charge is 2.51. The molecule has 1 aromatic heterocycles. The average Bonchev–Trinajstić information content (AvgIpc) is 2.95. The van der Waals surface area contributed by atoms with Gasteiger partial charge in [-0.25, -0.2) is 0 Å². The highest BCUT2D eigenvalue weighted by Crippen LogP contribution is 2.43. The summed E-state index contributed by atoms with van der Waals surface area (Å²) in [7, 11) is 0. The van der Waals surface area contributed by atoms with Crippen molar-refractivity contribution in [3.05, 3.63) is 46.6 Å². The number of ether oxygens (including phenoxy) is 4.